The molecule has 0 bridgehead atoms. The van der Waals surface area contributed by atoms with E-state index in [1.165, 1.54) is 18.5 Å². The Balaban J connectivity index is 2.09. The highest BCUT2D eigenvalue weighted by molar-refractivity contribution is 5.56. The van der Waals surface area contributed by atoms with E-state index in [2.05, 4.69) is 22.3 Å². The molecule has 100 valence electrons. The summed E-state index contributed by atoms with van der Waals surface area (Å²) in [5.74, 6) is 1.58. The number of piperidine rings is 1. The Kier molecular flexibility index (Phi) is 4.31. The first-order valence-electron chi connectivity index (χ1n) is 6.42. The first-order valence-corrected chi connectivity index (χ1v) is 6.42. The Morgan fingerprint density at radius 2 is 1.78 bits per heavy atom. The molecule has 0 amide bonds. The largest absolute Gasteiger partial charge is 0.493 e. The van der Waals surface area contributed by atoms with Crippen molar-refractivity contribution in [3.8, 4) is 11.5 Å². The van der Waals surface area contributed by atoms with Gasteiger partial charge in [-0.3, -0.25) is 0 Å². The van der Waals surface area contributed by atoms with Crippen molar-refractivity contribution >= 4 is 5.69 Å². The van der Waals surface area contributed by atoms with Crippen LogP contribution in [0.3, 0.4) is 0 Å². The van der Waals surface area contributed by atoms with E-state index < -0.39 is 0 Å². The highest BCUT2D eigenvalue weighted by Gasteiger charge is 2.18. The van der Waals surface area contributed by atoms with Crippen LogP contribution in [0.15, 0.2) is 18.2 Å². The van der Waals surface area contributed by atoms with E-state index in [4.69, 9.17) is 9.47 Å². The number of nitrogens with one attached hydrogen (secondary N) is 1. The van der Waals surface area contributed by atoms with Crippen LogP contribution in [0.5, 0.6) is 11.5 Å². The lowest BCUT2D eigenvalue weighted by Crippen LogP contribution is -2.41. The van der Waals surface area contributed by atoms with Gasteiger partial charge in [-0.25, -0.2) is 0 Å². The van der Waals surface area contributed by atoms with Crippen molar-refractivity contribution in [3.05, 3.63) is 18.2 Å². The zero-order valence-corrected chi connectivity index (χ0v) is 11.4. The number of ether oxygens (including phenoxy) is 2. The molecule has 1 heterocycles. The second-order valence-electron chi connectivity index (χ2n) is 4.59. The lowest BCUT2D eigenvalue weighted by molar-refractivity contribution is 0.354. The summed E-state index contributed by atoms with van der Waals surface area (Å²) in [5, 5.41) is 3.35. The fraction of sp³-hybridized carbons (Fsp3) is 0.571. The monoisotopic (exact) mass is 250 g/mol. The SMILES string of the molecule is CNC1CCN(c2ccc(OC)c(OC)c2)CC1. The summed E-state index contributed by atoms with van der Waals surface area (Å²) in [6.07, 6.45) is 2.37. The van der Waals surface area contributed by atoms with Crippen molar-refractivity contribution in [1.82, 2.24) is 5.32 Å². The first-order chi connectivity index (χ1) is 8.78. The van der Waals surface area contributed by atoms with E-state index in [0.29, 0.717) is 6.04 Å². The van der Waals surface area contributed by atoms with Crippen molar-refractivity contribution in [2.24, 2.45) is 0 Å². The van der Waals surface area contributed by atoms with Gasteiger partial charge in [-0.2, -0.15) is 0 Å². The quantitative estimate of drug-likeness (QED) is 0.885. The maximum Gasteiger partial charge on any atom is 0.162 e. The number of hydrogen-bond donors (Lipinski definition) is 1. The predicted octanol–water partition coefficient (Wildman–Crippen LogP) is 1.89. The molecule has 0 aromatic heterocycles. The van der Waals surface area contributed by atoms with Gasteiger partial charge in [0.25, 0.3) is 0 Å². The van der Waals surface area contributed by atoms with Crippen LogP contribution in [0.1, 0.15) is 12.8 Å². The van der Waals surface area contributed by atoms with Gasteiger partial charge in [0.2, 0.25) is 0 Å². The molecule has 1 aromatic rings. The molecule has 1 N–H and O–H groups in total. The minimum Gasteiger partial charge on any atom is -0.493 e. The molecule has 0 saturated carbocycles. The minimum absolute atomic E-state index is 0.654. The summed E-state index contributed by atoms with van der Waals surface area (Å²) in [5.41, 5.74) is 1.21. The summed E-state index contributed by atoms with van der Waals surface area (Å²) in [4.78, 5) is 2.40. The van der Waals surface area contributed by atoms with Crippen LogP contribution in [0, 0.1) is 0 Å². The third kappa shape index (κ3) is 2.70. The molecule has 1 fully saturated rings. The lowest BCUT2D eigenvalue weighted by atomic mass is 10.0. The molecule has 1 aromatic carbocycles. The number of nitrogens with zero attached hydrogens (tertiary/aromatic N) is 1. The van der Waals surface area contributed by atoms with Gasteiger partial charge >= 0.3 is 0 Å². The van der Waals surface area contributed by atoms with Crippen LogP contribution < -0.4 is 19.7 Å². The van der Waals surface area contributed by atoms with Gasteiger partial charge in [0.1, 0.15) is 0 Å². The van der Waals surface area contributed by atoms with Gasteiger partial charge in [-0.1, -0.05) is 0 Å². The molecular formula is C14H22N2O2. The van der Waals surface area contributed by atoms with E-state index in [1.807, 2.05) is 13.1 Å². The fourth-order valence-electron chi connectivity index (χ4n) is 2.45. The highest BCUT2D eigenvalue weighted by Crippen LogP contribution is 2.32. The molecule has 1 saturated heterocycles. The van der Waals surface area contributed by atoms with Gasteiger partial charge in [0, 0.05) is 30.9 Å². The molecular weight excluding hydrogens is 228 g/mol. The number of benzene rings is 1. The predicted molar refractivity (Wildman–Crippen MR) is 73.8 cm³/mol. The van der Waals surface area contributed by atoms with Crippen LogP contribution in [0.4, 0.5) is 5.69 Å². The molecule has 4 heteroatoms. The van der Waals surface area contributed by atoms with E-state index in [0.717, 1.165) is 24.6 Å². The molecule has 0 unspecified atom stereocenters. The summed E-state index contributed by atoms with van der Waals surface area (Å²) < 4.78 is 10.6. The molecule has 1 aliphatic rings. The van der Waals surface area contributed by atoms with Crippen LogP contribution in [-0.4, -0.2) is 40.4 Å². The normalized spacial score (nSPS) is 16.7. The number of hydrogen-bond acceptors (Lipinski definition) is 4. The zero-order valence-electron chi connectivity index (χ0n) is 11.4. The third-order valence-electron chi connectivity index (χ3n) is 3.64. The topological polar surface area (TPSA) is 33.7 Å². The summed E-state index contributed by atoms with van der Waals surface area (Å²) in [6.45, 7) is 2.17. The van der Waals surface area contributed by atoms with Crippen molar-refractivity contribution in [3.63, 3.8) is 0 Å². The lowest BCUT2D eigenvalue weighted by Gasteiger charge is -2.33. The minimum atomic E-state index is 0.654. The molecule has 18 heavy (non-hydrogen) atoms. The van der Waals surface area contributed by atoms with Gasteiger partial charge in [-0.05, 0) is 32.0 Å². The Labute approximate surface area is 109 Å². The Bertz CT molecular complexity index is 387. The van der Waals surface area contributed by atoms with Crippen LogP contribution in [-0.2, 0) is 0 Å². The van der Waals surface area contributed by atoms with Crippen molar-refractivity contribution in [2.45, 2.75) is 18.9 Å². The van der Waals surface area contributed by atoms with Crippen molar-refractivity contribution in [2.75, 3.05) is 39.3 Å². The second-order valence-corrected chi connectivity index (χ2v) is 4.59. The maximum absolute atomic E-state index is 5.35. The van der Waals surface area contributed by atoms with Gasteiger partial charge in [-0.15, -0.1) is 0 Å². The fourth-order valence-corrected chi connectivity index (χ4v) is 2.45. The van der Waals surface area contributed by atoms with E-state index in [9.17, 15) is 0 Å². The van der Waals surface area contributed by atoms with Crippen LogP contribution in [0.2, 0.25) is 0 Å². The van der Waals surface area contributed by atoms with Crippen molar-refractivity contribution in [1.29, 1.82) is 0 Å². The summed E-state index contributed by atoms with van der Waals surface area (Å²) >= 11 is 0. The average molecular weight is 250 g/mol. The van der Waals surface area contributed by atoms with Gasteiger partial charge in [0.15, 0.2) is 11.5 Å². The molecule has 4 nitrogen and oxygen atoms in total. The van der Waals surface area contributed by atoms with Crippen LogP contribution in [0.25, 0.3) is 0 Å². The molecule has 2 rings (SSSR count). The molecule has 0 spiro atoms. The molecule has 0 aliphatic carbocycles. The molecule has 0 atom stereocenters. The highest BCUT2D eigenvalue weighted by atomic mass is 16.5. The molecule has 0 radical (unpaired) electrons. The number of rotatable bonds is 4. The number of methoxy groups -OCH3 is 2. The summed E-state index contributed by atoms with van der Waals surface area (Å²) in [6, 6.07) is 6.78. The first kappa shape index (κ1) is 13.0. The van der Waals surface area contributed by atoms with E-state index in [1.54, 1.807) is 14.2 Å². The Hall–Kier alpha value is -1.42. The van der Waals surface area contributed by atoms with Crippen molar-refractivity contribution < 1.29 is 9.47 Å². The second kappa shape index (κ2) is 5.96. The summed E-state index contributed by atoms with van der Waals surface area (Å²) in [7, 11) is 5.38. The standard InChI is InChI=1S/C14H22N2O2/c1-15-11-6-8-16(9-7-11)12-4-5-13(17-2)14(10-12)18-3/h4-5,10-11,15H,6-9H2,1-3H3. The van der Waals surface area contributed by atoms with E-state index >= 15 is 0 Å². The smallest absolute Gasteiger partial charge is 0.162 e. The maximum atomic E-state index is 5.35. The Morgan fingerprint density at radius 3 is 2.33 bits per heavy atom. The van der Waals surface area contributed by atoms with E-state index in [-0.39, 0.29) is 0 Å². The zero-order chi connectivity index (χ0) is 13.0. The van der Waals surface area contributed by atoms with Gasteiger partial charge < -0.3 is 19.7 Å². The van der Waals surface area contributed by atoms with Gasteiger partial charge in [0.05, 0.1) is 14.2 Å². The average Bonchev–Trinajstić information content (AvgIpc) is 2.46. The third-order valence-corrected chi connectivity index (χ3v) is 3.64. The molecule has 1 aliphatic heterocycles. The van der Waals surface area contributed by atoms with Crippen LogP contribution >= 0.6 is 0 Å². The Morgan fingerprint density at radius 1 is 1.11 bits per heavy atom. The number of anilines is 1.